The Morgan fingerprint density at radius 2 is 2.10 bits per heavy atom. The highest BCUT2D eigenvalue weighted by Gasteiger charge is 2.29. The van der Waals surface area contributed by atoms with E-state index < -0.39 is 16.0 Å². The molecule has 1 aromatic heterocycles. The molecule has 0 fully saturated rings. The second-order valence-electron chi connectivity index (χ2n) is 3.86. The number of nitrogens with zero attached hydrogens (tertiary/aromatic N) is 2. The average Bonchev–Trinajstić information content (AvgIpc) is 2.89. The van der Waals surface area contributed by atoms with Crippen LogP contribution in [0.2, 0.25) is 0 Å². The number of hydrogen-bond acceptors (Lipinski definition) is 6. The van der Waals surface area contributed by atoms with Crippen molar-refractivity contribution in [2.45, 2.75) is 18.9 Å². The van der Waals surface area contributed by atoms with Crippen LogP contribution in [0.25, 0.3) is 0 Å². The molecule has 0 aliphatic heterocycles. The van der Waals surface area contributed by atoms with Crippen LogP contribution in [-0.2, 0) is 19.5 Å². The summed E-state index contributed by atoms with van der Waals surface area (Å²) < 4.78 is 35.6. The fraction of sp³-hybridized carbons (Fsp3) is 0.636. The Morgan fingerprint density at radius 3 is 2.70 bits per heavy atom. The molecule has 1 N–H and O–H groups in total. The van der Waals surface area contributed by atoms with Gasteiger partial charge in [-0.25, -0.2) is 13.2 Å². The number of aromatic nitrogens is 2. The number of sulfonamides is 1. The van der Waals surface area contributed by atoms with Crippen molar-refractivity contribution in [1.29, 1.82) is 0 Å². The third kappa shape index (κ3) is 3.78. The minimum atomic E-state index is -3.84. The van der Waals surface area contributed by atoms with E-state index in [1.165, 1.54) is 7.05 Å². The van der Waals surface area contributed by atoms with Gasteiger partial charge in [-0.1, -0.05) is 0 Å². The van der Waals surface area contributed by atoms with E-state index in [0.29, 0.717) is 6.61 Å². The summed E-state index contributed by atoms with van der Waals surface area (Å²) in [7, 11) is -2.43. The Bertz CT molecular complexity index is 540. The maximum Gasteiger partial charge on any atom is 0.342 e. The third-order valence-electron chi connectivity index (χ3n) is 2.52. The molecule has 0 atom stereocenters. The van der Waals surface area contributed by atoms with Crippen LogP contribution in [0.15, 0.2) is 11.2 Å². The normalized spacial score (nSPS) is 11.8. The van der Waals surface area contributed by atoms with Crippen molar-refractivity contribution in [3.05, 3.63) is 11.8 Å². The van der Waals surface area contributed by atoms with Crippen LogP contribution < -0.4 is 0 Å². The monoisotopic (exact) mass is 305 g/mol. The molecular weight excluding hydrogens is 286 g/mol. The zero-order chi connectivity index (χ0) is 15.2. The highest BCUT2D eigenvalue weighted by Crippen LogP contribution is 2.17. The summed E-state index contributed by atoms with van der Waals surface area (Å²) >= 11 is 0. The van der Waals surface area contributed by atoms with Crippen molar-refractivity contribution in [3.8, 4) is 0 Å². The number of aromatic amines is 1. The van der Waals surface area contributed by atoms with Gasteiger partial charge in [-0.3, -0.25) is 5.10 Å². The molecule has 1 heterocycles. The summed E-state index contributed by atoms with van der Waals surface area (Å²) in [6.07, 6.45) is 1.14. The molecule has 0 aliphatic carbocycles. The lowest BCUT2D eigenvalue weighted by molar-refractivity contribution is 0.0521. The van der Waals surface area contributed by atoms with Gasteiger partial charge in [0.25, 0.3) is 10.0 Å². The number of esters is 1. The summed E-state index contributed by atoms with van der Waals surface area (Å²) in [5.41, 5.74) is -0.102. The fourth-order valence-corrected chi connectivity index (χ4v) is 2.65. The molecule has 0 aromatic carbocycles. The van der Waals surface area contributed by atoms with E-state index in [0.717, 1.165) is 10.5 Å². The quantitative estimate of drug-likeness (QED) is 0.545. The standard InChI is InChI=1S/C11H19N3O5S/c1-4-18-7-6-14(3)20(16,17)10-9(8-12-13-10)11(15)19-5-2/h8H,4-7H2,1-3H3,(H,12,13). The second-order valence-corrected chi connectivity index (χ2v) is 5.84. The Kier molecular flexibility index (Phi) is 6.11. The summed E-state index contributed by atoms with van der Waals surface area (Å²) in [6.45, 7) is 4.57. The molecule has 0 unspecified atom stereocenters. The smallest absolute Gasteiger partial charge is 0.342 e. The summed E-state index contributed by atoms with van der Waals surface area (Å²) in [5, 5.41) is 5.67. The molecule has 9 heteroatoms. The molecular formula is C11H19N3O5S. The largest absolute Gasteiger partial charge is 0.462 e. The van der Waals surface area contributed by atoms with Crippen molar-refractivity contribution in [2.75, 3.05) is 33.4 Å². The number of carbonyl (C=O) groups is 1. The van der Waals surface area contributed by atoms with E-state index in [1.807, 2.05) is 6.92 Å². The highest BCUT2D eigenvalue weighted by atomic mass is 32.2. The van der Waals surface area contributed by atoms with Gasteiger partial charge in [-0.2, -0.15) is 9.40 Å². The van der Waals surface area contributed by atoms with Gasteiger partial charge < -0.3 is 9.47 Å². The predicted octanol–water partition coefficient (Wildman–Crippen LogP) is 0.243. The Morgan fingerprint density at radius 1 is 1.40 bits per heavy atom. The van der Waals surface area contributed by atoms with Crippen LogP contribution in [0.4, 0.5) is 0 Å². The highest BCUT2D eigenvalue weighted by molar-refractivity contribution is 7.89. The van der Waals surface area contributed by atoms with E-state index in [4.69, 9.17) is 9.47 Å². The van der Waals surface area contributed by atoms with E-state index in [9.17, 15) is 13.2 Å². The zero-order valence-electron chi connectivity index (χ0n) is 11.7. The number of rotatable bonds is 8. The Labute approximate surface area is 118 Å². The molecule has 1 rings (SSSR count). The molecule has 0 saturated carbocycles. The summed E-state index contributed by atoms with van der Waals surface area (Å²) in [5.74, 6) is -0.724. The minimum Gasteiger partial charge on any atom is -0.462 e. The summed E-state index contributed by atoms with van der Waals surface area (Å²) in [6, 6.07) is 0. The van der Waals surface area contributed by atoms with Crippen LogP contribution in [0.1, 0.15) is 24.2 Å². The first kappa shape index (κ1) is 16.6. The number of carbonyl (C=O) groups excluding carboxylic acids is 1. The van der Waals surface area contributed by atoms with Gasteiger partial charge in [0.1, 0.15) is 5.56 Å². The zero-order valence-corrected chi connectivity index (χ0v) is 12.6. The first-order valence-corrected chi connectivity index (χ1v) is 7.63. The van der Waals surface area contributed by atoms with Crippen molar-refractivity contribution >= 4 is 16.0 Å². The molecule has 0 radical (unpaired) electrons. The fourth-order valence-electron chi connectivity index (χ4n) is 1.44. The van der Waals surface area contributed by atoms with Gasteiger partial charge in [-0.05, 0) is 13.8 Å². The Hall–Kier alpha value is -1.45. The molecule has 1 aromatic rings. The predicted molar refractivity (Wildman–Crippen MR) is 70.9 cm³/mol. The molecule has 8 nitrogen and oxygen atoms in total. The maximum atomic E-state index is 12.3. The van der Waals surface area contributed by atoms with Gasteiger partial charge in [0, 0.05) is 20.2 Å². The van der Waals surface area contributed by atoms with Crippen LogP contribution in [0.5, 0.6) is 0 Å². The Balaban J connectivity index is 2.93. The van der Waals surface area contributed by atoms with Crippen molar-refractivity contribution in [1.82, 2.24) is 14.5 Å². The first-order chi connectivity index (χ1) is 9.45. The van der Waals surface area contributed by atoms with E-state index in [2.05, 4.69) is 10.2 Å². The molecule has 20 heavy (non-hydrogen) atoms. The average molecular weight is 305 g/mol. The van der Waals surface area contributed by atoms with Crippen molar-refractivity contribution in [2.24, 2.45) is 0 Å². The van der Waals surface area contributed by atoms with Gasteiger partial charge >= 0.3 is 5.97 Å². The number of nitrogens with one attached hydrogen (secondary N) is 1. The molecule has 0 amide bonds. The molecule has 114 valence electrons. The van der Waals surface area contributed by atoms with Gasteiger partial charge in [0.05, 0.1) is 19.4 Å². The number of likely N-dealkylation sites (N-methyl/N-ethyl adjacent to an activating group) is 1. The number of H-pyrrole nitrogens is 1. The number of ether oxygens (including phenoxy) is 2. The third-order valence-corrected chi connectivity index (χ3v) is 4.35. The second kappa shape index (κ2) is 7.36. The summed E-state index contributed by atoms with van der Waals surface area (Å²) in [4.78, 5) is 11.7. The maximum absolute atomic E-state index is 12.3. The van der Waals surface area contributed by atoms with Crippen LogP contribution in [0, 0.1) is 0 Å². The van der Waals surface area contributed by atoms with Gasteiger partial charge in [-0.15, -0.1) is 0 Å². The lowest BCUT2D eigenvalue weighted by Gasteiger charge is -2.16. The number of hydrogen-bond donors (Lipinski definition) is 1. The minimum absolute atomic E-state index is 0.102. The van der Waals surface area contributed by atoms with E-state index in [-0.39, 0.29) is 30.3 Å². The molecule has 0 spiro atoms. The van der Waals surface area contributed by atoms with E-state index >= 15 is 0 Å². The molecule has 0 bridgehead atoms. The van der Waals surface area contributed by atoms with Crippen LogP contribution in [-0.4, -0.2) is 62.3 Å². The van der Waals surface area contributed by atoms with E-state index in [1.54, 1.807) is 6.92 Å². The molecule has 0 saturated heterocycles. The van der Waals surface area contributed by atoms with Crippen LogP contribution in [0.3, 0.4) is 0 Å². The van der Waals surface area contributed by atoms with Crippen molar-refractivity contribution in [3.63, 3.8) is 0 Å². The molecule has 0 aliphatic rings. The first-order valence-electron chi connectivity index (χ1n) is 6.19. The van der Waals surface area contributed by atoms with Crippen molar-refractivity contribution < 1.29 is 22.7 Å². The lowest BCUT2D eigenvalue weighted by atomic mass is 10.4. The topological polar surface area (TPSA) is 102 Å². The SMILES string of the molecule is CCOCCN(C)S(=O)(=O)c1[nH]ncc1C(=O)OCC. The van der Waals surface area contributed by atoms with Gasteiger partial charge in [0.15, 0.2) is 5.03 Å². The lowest BCUT2D eigenvalue weighted by Crippen LogP contribution is -2.31. The van der Waals surface area contributed by atoms with Gasteiger partial charge in [0.2, 0.25) is 0 Å². The van der Waals surface area contributed by atoms with Crippen LogP contribution >= 0.6 is 0 Å².